The predicted octanol–water partition coefficient (Wildman–Crippen LogP) is 3.65. The van der Waals surface area contributed by atoms with Gasteiger partial charge in [0.2, 0.25) is 0 Å². The first-order valence-electron chi connectivity index (χ1n) is 5.67. The van der Waals surface area contributed by atoms with Gasteiger partial charge < -0.3 is 0 Å². The molecule has 0 spiro atoms. The quantitative estimate of drug-likeness (QED) is 0.905. The van der Waals surface area contributed by atoms with Crippen molar-refractivity contribution in [2.75, 3.05) is 0 Å². The molecule has 0 saturated heterocycles. The average molecular weight is 318 g/mol. The Labute approximate surface area is 115 Å². The minimum atomic E-state index is -1.29. The highest BCUT2D eigenvalue weighted by Gasteiger charge is 2.27. The van der Waals surface area contributed by atoms with Crippen LogP contribution in [0.5, 0.6) is 0 Å². The van der Waals surface area contributed by atoms with Crippen LogP contribution in [0.1, 0.15) is 44.2 Å². The lowest BCUT2D eigenvalue weighted by molar-refractivity contribution is 0.539. The first-order chi connectivity index (χ1) is 7.75. The van der Waals surface area contributed by atoms with Crippen molar-refractivity contribution >= 4 is 26.9 Å². The minimum Gasteiger partial charge on any atom is -0.251 e. The van der Waals surface area contributed by atoms with Gasteiger partial charge >= 0.3 is 0 Å². The molecule has 0 radical (unpaired) electrons. The van der Waals surface area contributed by atoms with Crippen LogP contribution in [0.15, 0.2) is 22.7 Å². The summed E-state index contributed by atoms with van der Waals surface area (Å²) in [6.45, 7) is 8.16. The van der Waals surface area contributed by atoms with E-state index in [4.69, 9.17) is 5.14 Å². The first-order valence-corrected chi connectivity index (χ1v) is 7.67. The molecule has 0 aliphatic heterocycles. The number of nitrogens with two attached hydrogens (primary N) is 1. The molecule has 0 fully saturated rings. The van der Waals surface area contributed by atoms with Gasteiger partial charge in [0, 0.05) is 4.47 Å². The monoisotopic (exact) mass is 317 g/mol. The van der Waals surface area contributed by atoms with Crippen LogP contribution in [0.3, 0.4) is 0 Å². The van der Waals surface area contributed by atoms with Crippen molar-refractivity contribution in [3.63, 3.8) is 0 Å². The maximum atomic E-state index is 11.5. The van der Waals surface area contributed by atoms with E-state index in [0.717, 1.165) is 10.9 Å². The lowest BCUT2D eigenvalue weighted by atomic mass is 9.89. The van der Waals surface area contributed by atoms with Crippen molar-refractivity contribution in [2.24, 2.45) is 5.14 Å². The zero-order chi connectivity index (χ0) is 13.2. The molecule has 1 unspecified atom stereocenters. The van der Waals surface area contributed by atoms with Crippen LogP contribution >= 0.6 is 15.9 Å². The molecule has 0 aliphatic carbocycles. The molecule has 2 nitrogen and oxygen atoms in total. The smallest absolute Gasteiger partial charge is 0.0945 e. The molecule has 96 valence electrons. The summed E-state index contributed by atoms with van der Waals surface area (Å²) in [5.74, 6) is 0.343. The van der Waals surface area contributed by atoms with Crippen LogP contribution in [0.4, 0.5) is 0 Å². The van der Waals surface area contributed by atoms with Crippen molar-refractivity contribution in [1.82, 2.24) is 0 Å². The molecule has 0 bridgehead atoms. The third kappa shape index (κ3) is 3.63. The second-order valence-electron chi connectivity index (χ2n) is 5.12. The molecule has 17 heavy (non-hydrogen) atoms. The van der Waals surface area contributed by atoms with Crippen LogP contribution in [0.2, 0.25) is 0 Å². The molecule has 0 aromatic heterocycles. The van der Waals surface area contributed by atoms with Gasteiger partial charge in [0.1, 0.15) is 0 Å². The van der Waals surface area contributed by atoms with Gasteiger partial charge in [0.05, 0.1) is 15.7 Å². The number of benzene rings is 1. The summed E-state index contributed by atoms with van der Waals surface area (Å²) in [7, 11) is -1.29. The minimum absolute atomic E-state index is 0.343. The summed E-state index contributed by atoms with van der Waals surface area (Å²) in [5, 5.41) is 5.53. The topological polar surface area (TPSA) is 43.1 Å². The van der Waals surface area contributed by atoms with Gasteiger partial charge in [-0.15, -0.1) is 0 Å². The average Bonchev–Trinajstić information content (AvgIpc) is 2.21. The Morgan fingerprint density at radius 2 is 2.06 bits per heavy atom. The second kappa shape index (κ2) is 5.63. The standard InChI is InChI=1S/C13H20BrNOS/c1-9(8-13(3,4)17(15)16)11-6-5-7-12(14)10(11)2/h5-7,9H,8,15H2,1-4H3/t9-,17?/m1/s1. The number of hydrogen-bond donors (Lipinski definition) is 1. The maximum Gasteiger partial charge on any atom is 0.0945 e. The third-order valence-corrected chi connectivity index (χ3v) is 5.30. The highest BCUT2D eigenvalue weighted by atomic mass is 79.9. The zero-order valence-corrected chi connectivity index (χ0v) is 13.2. The van der Waals surface area contributed by atoms with Gasteiger partial charge in [-0.05, 0) is 50.3 Å². The molecule has 0 amide bonds. The Bertz CT molecular complexity index is 431. The fraction of sp³-hybridized carbons (Fsp3) is 0.538. The van der Waals surface area contributed by atoms with E-state index < -0.39 is 11.0 Å². The molecule has 0 heterocycles. The van der Waals surface area contributed by atoms with Crippen LogP contribution in [-0.4, -0.2) is 8.96 Å². The summed E-state index contributed by atoms with van der Waals surface area (Å²) < 4.78 is 12.2. The predicted molar refractivity (Wildman–Crippen MR) is 78.3 cm³/mol. The van der Waals surface area contributed by atoms with E-state index >= 15 is 0 Å². The lowest BCUT2D eigenvalue weighted by Crippen LogP contribution is -2.33. The molecule has 0 aliphatic rings. The molecule has 2 N–H and O–H groups in total. The van der Waals surface area contributed by atoms with Crippen molar-refractivity contribution in [3.8, 4) is 0 Å². The highest BCUT2D eigenvalue weighted by Crippen LogP contribution is 2.32. The van der Waals surface area contributed by atoms with Gasteiger partial charge in [0.25, 0.3) is 0 Å². The summed E-state index contributed by atoms with van der Waals surface area (Å²) >= 11 is 3.54. The van der Waals surface area contributed by atoms with Crippen LogP contribution in [0.25, 0.3) is 0 Å². The van der Waals surface area contributed by atoms with Crippen molar-refractivity contribution in [1.29, 1.82) is 0 Å². The molecule has 1 aromatic rings. The number of rotatable bonds is 4. The number of hydrogen-bond acceptors (Lipinski definition) is 1. The first kappa shape index (κ1) is 14.9. The van der Waals surface area contributed by atoms with E-state index in [9.17, 15) is 4.21 Å². The SMILES string of the molecule is Cc1c(Br)cccc1[C@H](C)CC(C)(C)S(N)=O. The molecule has 4 heteroatoms. The number of halogens is 1. The van der Waals surface area contributed by atoms with E-state index in [0.29, 0.717) is 5.92 Å². The highest BCUT2D eigenvalue weighted by molar-refractivity contribution is 9.10. The zero-order valence-electron chi connectivity index (χ0n) is 10.8. The van der Waals surface area contributed by atoms with Gasteiger partial charge in [0.15, 0.2) is 0 Å². The maximum absolute atomic E-state index is 11.5. The van der Waals surface area contributed by atoms with Crippen molar-refractivity contribution < 1.29 is 4.21 Å². The Kier molecular flexibility index (Phi) is 4.93. The lowest BCUT2D eigenvalue weighted by Gasteiger charge is -2.26. The Hall–Kier alpha value is -0.190. The summed E-state index contributed by atoms with van der Waals surface area (Å²) in [4.78, 5) is 0. The second-order valence-corrected chi connectivity index (χ2v) is 7.67. The van der Waals surface area contributed by atoms with Crippen molar-refractivity contribution in [2.45, 2.75) is 44.8 Å². The van der Waals surface area contributed by atoms with E-state index in [1.807, 2.05) is 26.0 Å². The Morgan fingerprint density at radius 1 is 1.47 bits per heavy atom. The molecular weight excluding hydrogens is 298 g/mol. The Balaban J connectivity index is 2.94. The third-order valence-electron chi connectivity index (χ3n) is 3.18. The summed E-state index contributed by atoms with van der Waals surface area (Å²) in [5.41, 5.74) is 2.54. The van der Waals surface area contributed by atoms with Crippen molar-refractivity contribution in [3.05, 3.63) is 33.8 Å². The van der Waals surface area contributed by atoms with Gasteiger partial charge in [-0.3, -0.25) is 5.14 Å². The molecule has 1 aromatic carbocycles. The van der Waals surface area contributed by atoms with E-state index in [-0.39, 0.29) is 4.75 Å². The fourth-order valence-corrected chi connectivity index (χ4v) is 2.88. The summed E-state index contributed by atoms with van der Waals surface area (Å²) in [6, 6.07) is 6.20. The fourth-order valence-electron chi connectivity index (χ4n) is 2.09. The normalized spacial score (nSPS) is 15.6. The largest absolute Gasteiger partial charge is 0.251 e. The Morgan fingerprint density at radius 3 is 2.59 bits per heavy atom. The van der Waals surface area contributed by atoms with Crippen LogP contribution in [0, 0.1) is 6.92 Å². The van der Waals surface area contributed by atoms with Crippen LogP contribution in [-0.2, 0) is 11.0 Å². The van der Waals surface area contributed by atoms with Gasteiger partial charge in [-0.2, -0.15) is 0 Å². The van der Waals surface area contributed by atoms with E-state index in [1.165, 1.54) is 11.1 Å². The molecule has 0 saturated carbocycles. The van der Waals surface area contributed by atoms with Gasteiger partial charge in [-0.1, -0.05) is 35.0 Å². The van der Waals surface area contributed by atoms with Gasteiger partial charge in [-0.25, -0.2) is 4.21 Å². The molecule has 1 rings (SSSR count). The summed E-state index contributed by atoms with van der Waals surface area (Å²) in [6.07, 6.45) is 0.813. The molecule has 2 atom stereocenters. The molecular formula is C13H20BrNOS. The van der Waals surface area contributed by atoms with E-state index in [2.05, 4.69) is 35.8 Å². The van der Waals surface area contributed by atoms with E-state index in [1.54, 1.807) is 0 Å². The van der Waals surface area contributed by atoms with Crippen LogP contribution < -0.4 is 5.14 Å².